The van der Waals surface area contributed by atoms with Crippen molar-refractivity contribution in [3.05, 3.63) is 47.9 Å². The van der Waals surface area contributed by atoms with Crippen LogP contribution in [0, 0.1) is 11.3 Å². The smallest absolute Gasteiger partial charge is 0.267 e. The third-order valence-corrected chi connectivity index (χ3v) is 5.64. The zero-order valence-corrected chi connectivity index (χ0v) is 17.8. The number of nitriles is 1. The highest BCUT2D eigenvalue weighted by Gasteiger charge is 2.45. The number of hydrogen-bond acceptors (Lipinski definition) is 7. The van der Waals surface area contributed by atoms with Crippen molar-refractivity contribution < 1.29 is 13.5 Å². The van der Waals surface area contributed by atoms with Crippen LogP contribution in [-0.2, 0) is 0 Å². The molecule has 3 aromatic rings. The largest absolute Gasteiger partial charge is 0.496 e. The van der Waals surface area contributed by atoms with Crippen molar-refractivity contribution in [2.24, 2.45) is 0 Å². The molecule has 0 saturated carbocycles. The van der Waals surface area contributed by atoms with Crippen LogP contribution >= 0.6 is 0 Å². The van der Waals surface area contributed by atoms with Gasteiger partial charge in [-0.25, -0.2) is 18.7 Å². The summed E-state index contributed by atoms with van der Waals surface area (Å²) in [6.45, 7) is 2.94. The van der Waals surface area contributed by atoms with Crippen LogP contribution in [0.4, 0.5) is 20.4 Å². The average molecular weight is 439 g/mol. The highest BCUT2D eigenvalue weighted by Crippen LogP contribution is 2.42. The van der Waals surface area contributed by atoms with Gasteiger partial charge in [0, 0.05) is 11.6 Å². The lowest BCUT2D eigenvalue weighted by atomic mass is 9.85. The number of nitrogens with zero attached hydrogens (tertiary/aromatic N) is 5. The first-order chi connectivity index (χ1) is 15.4. The Morgan fingerprint density at radius 2 is 2.12 bits per heavy atom. The van der Waals surface area contributed by atoms with E-state index in [2.05, 4.69) is 25.5 Å². The molecule has 0 bridgehead atoms. The summed E-state index contributed by atoms with van der Waals surface area (Å²) in [6, 6.07) is 8.86. The second-order valence-electron chi connectivity index (χ2n) is 7.62. The number of nitrogens with one attached hydrogen (secondary N) is 2. The number of aromatic nitrogens is 4. The van der Waals surface area contributed by atoms with E-state index in [0.717, 1.165) is 0 Å². The summed E-state index contributed by atoms with van der Waals surface area (Å²) in [6.07, 6.45) is 3.19. The summed E-state index contributed by atoms with van der Waals surface area (Å²) in [7, 11) is 1.52. The van der Waals surface area contributed by atoms with Crippen LogP contribution in [0.5, 0.6) is 5.75 Å². The molecule has 1 unspecified atom stereocenters. The third-order valence-electron chi connectivity index (χ3n) is 5.64. The lowest BCUT2D eigenvalue weighted by Gasteiger charge is -2.38. The van der Waals surface area contributed by atoms with Gasteiger partial charge in [-0.05, 0) is 37.2 Å². The number of aromatic amines is 1. The quantitative estimate of drug-likeness (QED) is 0.600. The van der Waals surface area contributed by atoms with Crippen LogP contribution < -0.4 is 10.1 Å². The molecule has 3 heterocycles. The minimum atomic E-state index is -2.80. The number of rotatable bonds is 6. The standard InChI is InChI=1S/C22H23F2N7O/c1-3-31-7-6-17(22(23,24)13-31)14-4-5-16(19(8-14)32-2)18-9-20(30-29-18)28-21-12-26-15(10-25)11-27-21/h4-5,8-9,11-12,17H,3,6-7,13H2,1-2H3,(H2,27,28,29,30). The number of halogens is 2. The van der Waals surface area contributed by atoms with Crippen LogP contribution in [0.25, 0.3) is 11.3 Å². The normalized spacial score (nSPS) is 18.2. The summed E-state index contributed by atoms with van der Waals surface area (Å²) in [4.78, 5) is 9.83. The van der Waals surface area contributed by atoms with Gasteiger partial charge >= 0.3 is 0 Å². The molecule has 2 aromatic heterocycles. The molecular weight excluding hydrogens is 416 g/mol. The molecule has 10 heteroatoms. The number of piperidine rings is 1. The highest BCUT2D eigenvalue weighted by molar-refractivity contribution is 5.71. The van der Waals surface area contributed by atoms with Gasteiger partial charge in [-0.2, -0.15) is 10.4 Å². The van der Waals surface area contributed by atoms with Crippen LogP contribution in [-0.4, -0.2) is 57.7 Å². The van der Waals surface area contributed by atoms with Gasteiger partial charge in [-0.1, -0.05) is 13.0 Å². The summed E-state index contributed by atoms with van der Waals surface area (Å²) in [5.74, 6) is -2.23. The molecule has 8 nitrogen and oxygen atoms in total. The lowest BCUT2D eigenvalue weighted by molar-refractivity contribution is -0.0815. The van der Waals surface area contributed by atoms with Crippen LogP contribution in [0.1, 0.15) is 30.5 Å². The SMILES string of the molecule is CCN1CCC(c2ccc(-c3cc(Nc4cnc(C#N)cn4)n[nH]3)c(OC)c2)C(F)(F)C1. The summed E-state index contributed by atoms with van der Waals surface area (Å²) < 4.78 is 35.1. The van der Waals surface area contributed by atoms with Gasteiger partial charge in [-0.15, -0.1) is 0 Å². The van der Waals surface area contributed by atoms with E-state index in [4.69, 9.17) is 10.00 Å². The monoisotopic (exact) mass is 439 g/mol. The van der Waals surface area contributed by atoms with Crippen molar-refractivity contribution in [1.29, 1.82) is 5.26 Å². The Morgan fingerprint density at radius 1 is 1.28 bits per heavy atom. The van der Waals surface area contributed by atoms with Crippen LogP contribution in [0.2, 0.25) is 0 Å². The van der Waals surface area contributed by atoms with Crippen molar-refractivity contribution in [2.45, 2.75) is 25.2 Å². The second kappa shape index (κ2) is 8.88. The first-order valence-corrected chi connectivity index (χ1v) is 10.3. The molecule has 1 aliphatic rings. The topological polar surface area (TPSA) is 103 Å². The third kappa shape index (κ3) is 4.38. The Morgan fingerprint density at radius 3 is 2.78 bits per heavy atom. The molecule has 1 atom stereocenters. The Labute approximate surface area is 184 Å². The van der Waals surface area contributed by atoms with E-state index in [9.17, 15) is 8.78 Å². The predicted molar refractivity (Wildman–Crippen MR) is 115 cm³/mol. The highest BCUT2D eigenvalue weighted by atomic mass is 19.3. The minimum Gasteiger partial charge on any atom is -0.496 e. The number of alkyl halides is 2. The average Bonchev–Trinajstić information content (AvgIpc) is 3.26. The van der Waals surface area contributed by atoms with Crippen LogP contribution in [0.15, 0.2) is 36.7 Å². The van der Waals surface area contributed by atoms with Gasteiger partial charge in [0.05, 0.1) is 37.7 Å². The molecule has 32 heavy (non-hydrogen) atoms. The maximum atomic E-state index is 14.8. The molecule has 4 rings (SSSR count). The van der Waals surface area contributed by atoms with E-state index >= 15 is 0 Å². The first-order valence-electron chi connectivity index (χ1n) is 10.3. The second-order valence-corrected chi connectivity index (χ2v) is 7.62. The molecule has 0 amide bonds. The van der Waals surface area contributed by atoms with Crippen molar-refractivity contribution in [2.75, 3.05) is 32.1 Å². The molecule has 0 radical (unpaired) electrons. The maximum absolute atomic E-state index is 14.8. The van der Waals surface area contributed by atoms with Crippen molar-refractivity contribution in [3.8, 4) is 23.1 Å². The molecule has 0 aliphatic carbocycles. The van der Waals surface area contributed by atoms with Gasteiger partial charge in [0.25, 0.3) is 5.92 Å². The molecule has 1 fully saturated rings. The number of benzene rings is 1. The fourth-order valence-electron chi connectivity index (χ4n) is 3.94. The number of H-pyrrole nitrogens is 1. The van der Waals surface area contributed by atoms with Gasteiger partial charge in [-0.3, -0.25) is 10.00 Å². The molecule has 1 aliphatic heterocycles. The fourth-order valence-corrected chi connectivity index (χ4v) is 3.94. The van der Waals surface area contributed by atoms with Crippen molar-refractivity contribution >= 4 is 11.6 Å². The van der Waals surface area contributed by atoms with Crippen molar-refractivity contribution in [3.63, 3.8) is 0 Å². The Kier molecular flexibility index (Phi) is 6.01. The molecule has 1 saturated heterocycles. The summed E-state index contributed by atoms with van der Waals surface area (Å²) in [5.41, 5.74) is 2.15. The van der Waals surface area contributed by atoms with E-state index in [1.807, 2.05) is 13.0 Å². The first kappa shape index (κ1) is 21.6. The Hall–Kier alpha value is -3.58. The van der Waals surface area contributed by atoms with E-state index in [0.29, 0.717) is 53.7 Å². The predicted octanol–water partition coefficient (Wildman–Crippen LogP) is 3.94. The van der Waals surface area contributed by atoms with Gasteiger partial charge in [0.2, 0.25) is 0 Å². The van der Waals surface area contributed by atoms with E-state index in [1.165, 1.54) is 19.5 Å². The van der Waals surface area contributed by atoms with Gasteiger partial charge in [0.1, 0.15) is 17.6 Å². The summed E-state index contributed by atoms with van der Waals surface area (Å²) in [5, 5.41) is 18.9. The zero-order valence-electron chi connectivity index (χ0n) is 17.8. The lowest BCUT2D eigenvalue weighted by Crippen LogP contribution is -2.47. The minimum absolute atomic E-state index is 0.217. The molecule has 0 spiro atoms. The van der Waals surface area contributed by atoms with E-state index in [1.54, 1.807) is 29.2 Å². The Bertz CT molecular complexity index is 1120. The summed E-state index contributed by atoms with van der Waals surface area (Å²) >= 11 is 0. The van der Waals surface area contributed by atoms with Gasteiger partial charge in [0.15, 0.2) is 11.5 Å². The van der Waals surface area contributed by atoms with Gasteiger partial charge < -0.3 is 10.1 Å². The number of ether oxygens (including phenoxy) is 1. The molecule has 166 valence electrons. The van der Waals surface area contributed by atoms with Crippen LogP contribution in [0.3, 0.4) is 0 Å². The van der Waals surface area contributed by atoms with E-state index < -0.39 is 11.8 Å². The molecule has 1 aromatic carbocycles. The number of hydrogen-bond donors (Lipinski definition) is 2. The Balaban J connectivity index is 1.55. The molecular formula is C22H23F2N7O. The molecule has 2 N–H and O–H groups in total. The fraction of sp³-hybridized carbons (Fsp3) is 0.364. The van der Waals surface area contributed by atoms with Crippen molar-refractivity contribution in [1.82, 2.24) is 25.1 Å². The number of anilines is 2. The zero-order chi connectivity index (χ0) is 22.7. The maximum Gasteiger partial charge on any atom is 0.267 e. The van der Waals surface area contributed by atoms with E-state index in [-0.39, 0.29) is 12.2 Å². The number of likely N-dealkylation sites (tertiary alicyclic amines) is 1. The number of methoxy groups -OCH3 is 1.